The second-order valence-electron chi connectivity index (χ2n) is 8.65. The summed E-state index contributed by atoms with van der Waals surface area (Å²) in [6, 6.07) is 15.5. The first-order chi connectivity index (χ1) is 16.9. The van der Waals surface area contributed by atoms with Gasteiger partial charge in [0, 0.05) is 18.3 Å². The minimum atomic E-state index is -0.639. The van der Waals surface area contributed by atoms with E-state index in [2.05, 4.69) is 10.4 Å². The highest BCUT2D eigenvalue weighted by molar-refractivity contribution is 6.42. The van der Waals surface area contributed by atoms with Crippen LogP contribution in [0.5, 0.6) is 0 Å². The predicted molar refractivity (Wildman–Crippen MR) is 134 cm³/mol. The van der Waals surface area contributed by atoms with Gasteiger partial charge < -0.3 is 15.0 Å². The van der Waals surface area contributed by atoms with Gasteiger partial charge in [0.1, 0.15) is 24.5 Å². The van der Waals surface area contributed by atoms with E-state index in [1.807, 2.05) is 49.4 Å². The molecule has 2 aliphatic heterocycles. The lowest BCUT2D eigenvalue weighted by atomic mass is 9.94. The fourth-order valence-corrected chi connectivity index (χ4v) is 5.01. The normalized spacial score (nSPS) is 19.3. The first-order valence-corrected chi connectivity index (χ1v) is 12.2. The van der Waals surface area contributed by atoms with Crippen LogP contribution < -0.4 is 5.32 Å². The summed E-state index contributed by atoms with van der Waals surface area (Å²) in [5.74, 6) is 0.134. The van der Waals surface area contributed by atoms with Gasteiger partial charge in [-0.15, -0.1) is 0 Å². The van der Waals surface area contributed by atoms with Crippen LogP contribution in [0.25, 0.3) is 0 Å². The number of likely N-dealkylation sites (tertiary alicyclic amines) is 1. The number of halogens is 2. The van der Waals surface area contributed by atoms with Crippen molar-refractivity contribution in [3.8, 4) is 0 Å². The number of anilines is 1. The zero-order chi connectivity index (χ0) is 24.5. The molecule has 2 atom stereocenters. The van der Waals surface area contributed by atoms with E-state index in [0.29, 0.717) is 34.3 Å². The molecule has 0 spiro atoms. The van der Waals surface area contributed by atoms with Crippen molar-refractivity contribution in [1.82, 2.24) is 14.7 Å². The van der Waals surface area contributed by atoms with Crippen LogP contribution in [0.15, 0.2) is 72.1 Å². The lowest BCUT2D eigenvalue weighted by Crippen LogP contribution is -2.44. The summed E-state index contributed by atoms with van der Waals surface area (Å²) in [7, 11) is 0. The summed E-state index contributed by atoms with van der Waals surface area (Å²) in [5, 5.41) is 8.55. The minimum Gasteiger partial charge on any atom is -0.459 e. The fraction of sp³-hybridized carbons (Fsp3) is 0.269. The number of nitrogens with zero attached hydrogens (tertiary/aromatic N) is 3. The summed E-state index contributed by atoms with van der Waals surface area (Å²) in [6.45, 7) is 2.50. The molecule has 2 aromatic carbocycles. The molecule has 2 aliphatic rings. The molecular formula is C26H24Cl2N4O3. The molecule has 1 aromatic heterocycles. The molecular weight excluding hydrogens is 487 g/mol. The van der Waals surface area contributed by atoms with E-state index in [0.717, 1.165) is 23.4 Å². The number of carbonyl (C=O) groups is 2. The third-order valence-corrected chi connectivity index (χ3v) is 7.15. The van der Waals surface area contributed by atoms with E-state index < -0.39 is 18.1 Å². The SMILES string of the molecule is CC1=C(C(=O)N2CCC[C@H]2C(=O)OCc2ccccc2)C(c2ccc(Cl)c(Cl)c2)n2nccc2N1. The van der Waals surface area contributed by atoms with E-state index in [1.165, 1.54) is 0 Å². The first-order valence-electron chi connectivity index (χ1n) is 11.4. The number of nitrogens with one attached hydrogen (secondary N) is 1. The lowest BCUT2D eigenvalue weighted by molar-refractivity contribution is -0.153. The number of aromatic nitrogens is 2. The third-order valence-electron chi connectivity index (χ3n) is 6.41. The van der Waals surface area contributed by atoms with Crippen LogP contribution in [0, 0.1) is 0 Å². The van der Waals surface area contributed by atoms with Crippen molar-refractivity contribution in [2.24, 2.45) is 0 Å². The maximum atomic E-state index is 14.0. The largest absolute Gasteiger partial charge is 0.459 e. The zero-order valence-corrected chi connectivity index (χ0v) is 20.6. The van der Waals surface area contributed by atoms with Crippen molar-refractivity contribution in [1.29, 1.82) is 0 Å². The molecule has 3 heterocycles. The number of benzene rings is 2. The second-order valence-corrected chi connectivity index (χ2v) is 9.47. The standard InChI is InChI=1S/C26H24Cl2N4O3/c1-16-23(24(32-22(30-16)11-12-29-32)18-9-10-19(27)20(28)14-18)25(33)31-13-5-8-21(31)26(34)35-15-17-6-3-2-4-7-17/h2-4,6-7,9-12,14,21,24,30H,5,8,13,15H2,1H3/t21-,24?/m0/s1. The molecule has 35 heavy (non-hydrogen) atoms. The van der Waals surface area contributed by atoms with Gasteiger partial charge in [0.05, 0.1) is 21.8 Å². The Morgan fingerprint density at radius 2 is 1.91 bits per heavy atom. The molecule has 0 aliphatic carbocycles. The number of fused-ring (bicyclic) bond motifs is 1. The maximum Gasteiger partial charge on any atom is 0.329 e. The number of esters is 1. The number of amides is 1. The monoisotopic (exact) mass is 510 g/mol. The van der Waals surface area contributed by atoms with Crippen molar-refractivity contribution in [3.05, 3.63) is 93.2 Å². The quantitative estimate of drug-likeness (QED) is 0.476. The Morgan fingerprint density at radius 3 is 2.69 bits per heavy atom. The van der Waals surface area contributed by atoms with Crippen molar-refractivity contribution in [2.45, 2.75) is 38.5 Å². The highest BCUT2D eigenvalue weighted by Gasteiger charge is 2.41. The van der Waals surface area contributed by atoms with Crippen LogP contribution in [0.1, 0.15) is 36.9 Å². The van der Waals surface area contributed by atoms with Crippen LogP contribution in [-0.2, 0) is 20.9 Å². The Hall–Kier alpha value is -3.29. The molecule has 9 heteroatoms. The van der Waals surface area contributed by atoms with Crippen molar-refractivity contribution >= 4 is 40.9 Å². The summed E-state index contributed by atoms with van der Waals surface area (Å²) in [4.78, 5) is 28.6. The van der Waals surface area contributed by atoms with Gasteiger partial charge in [-0.3, -0.25) is 4.79 Å². The molecule has 180 valence electrons. The Labute approximate surface area is 213 Å². The molecule has 1 unspecified atom stereocenters. The average Bonchev–Trinajstić information content (AvgIpc) is 3.53. The third kappa shape index (κ3) is 4.54. The highest BCUT2D eigenvalue weighted by atomic mass is 35.5. The second kappa shape index (κ2) is 9.76. The van der Waals surface area contributed by atoms with Gasteiger partial charge in [-0.25, -0.2) is 9.48 Å². The Bertz CT molecular complexity index is 1300. The number of allylic oxidation sites excluding steroid dienone is 1. The smallest absolute Gasteiger partial charge is 0.329 e. The Balaban J connectivity index is 1.44. The Morgan fingerprint density at radius 1 is 1.11 bits per heavy atom. The molecule has 1 N–H and O–H groups in total. The molecule has 0 saturated carbocycles. The molecule has 0 bridgehead atoms. The van der Waals surface area contributed by atoms with Crippen LogP contribution in [0.4, 0.5) is 5.82 Å². The summed E-state index contributed by atoms with van der Waals surface area (Å²) in [6.07, 6.45) is 2.96. The number of ether oxygens (including phenoxy) is 1. The topological polar surface area (TPSA) is 76.5 Å². The van der Waals surface area contributed by atoms with Gasteiger partial charge in [-0.1, -0.05) is 59.6 Å². The molecule has 1 saturated heterocycles. The molecule has 0 radical (unpaired) electrons. The lowest BCUT2D eigenvalue weighted by Gasteiger charge is -2.33. The molecule has 1 amide bonds. The van der Waals surface area contributed by atoms with Gasteiger partial charge in [0.25, 0.3) is 5.91 Å². The van der Waals surface area contributed by atoms with E-state index in [-0.39, 0.29) is 12.5 Å². The molecule has 3 aromatic rings. The number of rotatable bonds is 5. The zero-order valence-electron chi connectivity index (χ0n) is 19.1. The van der Waals surface area contributed by atoms with E-state index in [9.17, 15) is 9.59 Å². The van der Waals surface area contributed by atoms with Crippen LogP contribution in [-0.4, -0.2) is 39.1 Å². The molecule has 1 fully saturated rings. The van der Waals surface area contributed by atoms with E-state index >= 15 is 0 Å². The highest BCUT2D eigenvalue weighted by Crippen LogP contribution is 2.39. The molecule has 5 rings (SSSR count). The summed E-state index contributed by atoms with van der Waals surface area (Å²) in [5.41, 5.74) is 2.87. The van der Waals surface area contributed by atoms with Crippen molar-refractivity contribution in [2.75, 3.05) is 11.9 Å². The summed E-state index contributed by atoms with van der Waals surface area (Å²) >= 11 is 12.5. The minimum absolute atomic E-state index is 0.171. The van der Waals surface area contributed by atoms with Crippen LogP contribution in [0.2, 0.25) is 10.0 Å². The van der Waals surface area contributed by atoms with E-state index in [1.54, 1.807) is 27.9 Å². The predicted octanol–water partition coefficient (Wildman–Crippen LogP) is 5.21. The number of carbonyl (C=O) groups excluding carboxylic acids is 2. The number of hydrogen-bond acceptors (Lipinski definition) is 5. The number of hydrogen-bond donors (Lipinski definition) is 1. The van der Waals surface area contributed by atoms with Crippen molar-refractivity contribution < 1.29 is 14.3 Å². The van der Waals surface area contributed by atoms with Gasteiger partial charge >= 0.3 is 5.97 Å². The first kappa shape index (κ1) is 23.5. The van der Waals surface area contributed by atoms with Gasteiger partial charge in [0.15, 0.2) is 0 Å². The summed E-state index contributed by atoms with van der Waals surface area (Å²) < 4.78 is 7.33. The van der Waals surface area contributed by atoms with E-state index in [4.69, 9.17) is 27.9 Å². The van der Waals surface area contributed by atoms with Crippen molar-refractivity contribution in [3.63, 3.8) is 0 Å². The van der Waals surface area contributed by atoms with Crippen LogP contribution in [0.3, 0.4) is 0 Å². The molecule has 7 nitrogen and oxygen atoms in total. The fourth-order valence-electron chi connectivity index (χ4n) is 4.71. The maximum absolute atomic E-state index is 14.0. The van der Waals surface area contributed by atoms with Gasteiger partial charge in [0.2, 0.25) is 0 Å². The van der Waals surface area contributed by atoms with Gasteiger partial charge in [-0.05, 0) is 43.0 Å². The van der Waals surface area contributed by atoms with Crippen LogP contribution >= 0.6 is 23.2 Å². The Kier molecular flexibility index (Phi) is 6.54. The van der Waals surface area contributed by atoms with Gasteiger partial charge in [-0.2, -0.15) is 5.10 Å². The average molecular weight is 511 g/mol.